The van der Waals surface area contributed by atoms with E-state index in [0.717, 1.165) is 0 Å². The zero-order valence-corrected chi connectivity index (χ0v) is 10.0. The van der Waals surface area contributed by atoms with Gasteiger partial charge >= 0.3 is 0 Å². The molecule has 0 bridgehead atoms. The molecular weight excluding hydrogens is 278 g/mol. The van der Waals surface area contributed by atoms with Crippen LogP contribution in [0.25, 0.3) is 0 Å². The van der Waals surface area contributed by atoms with Crippen molar-refractivity contribution in [1.82, 2.24) is 0 Å². The summed E-state index contributed by atoms with van der Waals surface area (Å²) in [6.45, 7) is 0. The van der Waals surface area contributed by atoms with Gasteiger partial charge < -0.3 is 5.73 Å². The van der Waals surface area contributed by atoms with Gasteiger partial charge in [-0.2, -0.15) is 0 Å². The molecular formula is C6H8ClN3O4S2. The van der Waals surface area contributed by atoms with Crippen LogP contribution in [-0.2, 0) is 22.5 Å². The number of nitrogens with two attached hydrogens (primary N) is 1. The number of benzene rings is 1. The normalized spacial score (nSPS) is 14.2. The first-order chi connectivity index (χ1) is 7.40. The molecule has 1 rings (SSSR count). The average molecular weight is 286 g/mol. The number of nitrogens with one attached hydrogen (secondary N) is 2. The molecule has 0 saturated carbocycles. The van der Waals surface area contributed by atoms with Crippen LogP contribution in [0.2, 0.25) is 5.02 Å². The third-order valence-electron chi connectivity index (χ3n) is 1.53. The van der Waals surface area contributed by atoms with Crippen molar-refractivity contribution < 1.29 is 17.5 Å². The Morgan fingerprint density at radius 1 is 1.12 bits per heavy atom. The van der Waals surface area contributed by atoms with E-state index in [9.17, 15) is 8.42 Å². The standard InChI is InChI=1S/C6H8ClN3O4S2/c7-3-1-4(8)6(10-16(13)14)2-5(3)9-15(11)12/h1-2,9-10H,8H2,(H,11,12)(H,13,14). The Kier molecular flexibility index (Phi) is 4.50. The van der Waals surface area contributed by atoms with Gasteiger partial charge in [0.1, 0.15) is 0 Å². The minimum absolute atomic E-state index is 0.115. The van der Waals surface area contributed by atoms with Crippen LogP contribution in [0.5, 0.6) is 0 Å². The molecule has 10 heteroatoms. The summed E-state index contributed by atoms with van der Waals surface area (Å²) < 4.78 is 42.5. The van der Waals surface area contributed by atoms with Gasteiger partial charge in [0.05, 0.1) is 22.1 Å². The predicted octanol–water partition coefficient (Wildman–Crippen LogP) is 1.02. The number of nitrogen functional groups attached to an aromatic ring is 1. The highest BCUT2D eigenvalue weighted by atomic mass is 35.5. The Bertz CT molecular complexity index is 418. The van der Waals surface area contributed by atoms with Crippen LogP contribution in [0.3, 0.4) is 0 Å². The van der Waals surface area contributed by atoms with Gasteiger partial charge in [-0.15, -0.1) is 0 Å². The van der Waals surface area contributed by atoms with E-state index in [1.165, 1.54) is 12.1 Å². The summed E-state index contributed by atoms with van der Waals surface area (Å²) in [6.07, 6.45) is 0. The third-order valence-corrected chi connectivity index (χ3v) is 2.64. The van der Waals surface area contributed by atoms with E-state index in [-0.39, 0.29) is 22.1 Å². The van der Waals surface area contributed by atoms with Gasteiger partial charge in [0.25, 0.3) is 22.5 Å². The molecule has 0 spiro atoms. The zero-order valence-electron chi connectivity index (χ0n) is 7.64. The van der Waals surface area contributed by atoms with Crippen LogP contribution in [0, 0.1) is 0 Å². The lowest BCUT2D eigenvalue weighted by atomic mass is 10.2. The van der Waals surface area contributed by atoms with Gasteiger partial charge in [0, 0.05) is 0 Å². The van der Waals surface area contributed by atoms with Crippen molar-refractivity contribution >= 4 is 51.2 Å². The maximum Gasteiger partial charge on any atom is 0.259 e. The van der Waals surface area contributed by atoms with Crippen molar-refractivity contribution in [2.45, 2.75) is 0 Å². The van der Waals surface area contributed by atoms with E-state index < -0.39 is 22.5 Å². The molecule has 6 N–H and O–H groups in total. The molecule has 0 saturated heterocycles. The zero-order chi connectivity index (χ0) is 12.3. The van der Waals surface area contributed by atoms with Crippen LogP contribution in [0.4, 0.5) is 17.1 Å². The molecule has 0 heterocycles. The smallest absolute Gasteiger partial charge is 0.259 e. The molecule has 1 aromatic carbocycles. The largest absolute Gasteiger partial charge is 0.397 e. The van der Waals surface area contributed by atoms with Crippen LogP contribution in [0.1, 0.15) is 0 Å². The summed E-state index contributed by atoms with van der Waals surface area (Å²) >= 11 is 1.14. The fourth-order valence-electron chi connectivity index (χ4n) is 0.943. The molecule has 2 unspecified atom stereocenters. The number of rotatable bonds is 4. The van der Waals surface area contributed by atoms with Crippen molar-refractivity contribution in [3.63, 3.8) is 0 Å². The summed E-state index contributed by atoms with van der Waals surface area (Å²) in [4.78, 5) is 0. The van der Waals surface area contributed by atoms with Crippen LogP contribution < -0.4 is 15.2 Å². The van der Waals surface area contributed by atoms with Crippen molar-refractivity contribution in [3.05, 3.63) is 17.2 Å². The molecule has 1 aromatic rings. The molecule has 0 aliphatic rings. The summed E-state index contributed by atoms with van der Waals surface area (Å²) in [7, 11) is 0. The van der Waals surface area contributed by atoms with Gasteiger partial charge in [0.2, 0.25) is 0 Å². The fourth-order valence-corrected chi connectivity index (χ4v) is 1.94. The second kappa shape index (κ2) is 5.46. The summed E-state index contributed by atoms with van der Waals surface area (Å²) in [5.74, 6) is 0. The number of hydrogen-bond donors (Lipinski definition) is 5. The monoisotopic (exact) mass is 285 g/mol. The molecule has 90 valence electrons. The van der Waals surface area contributed by atoms with Crippen molar-refractivity contribution in [2.75, 3.05) is 15.2 Å². The average Bonchev–Trinajstić information content (AvgIpc) is 2.11. The molecule has 0 aliphatic heterocycles. The lowest BCUT2D eigenvalue weighted by Crippen LogP contribution is -2.07. The number of hydrogen-bond acceptors (Lipinski definition) is 3. The second-order valence-electron chi connectivity index (χ2n) is 2.62. The van der Waals surface area contributed by atoms with E-state index in [2.05, 4.69) is 9.44 Å². The first-order valence-electron chi connectivity index (χ1n) is 3.74. The molecule has 2 atom stereocenters. The van der Waals surface area contributed by atoms with E-state index in [4.69, 9.17) is 26.4 Å². The van der Waals surface area contributed by atoms with Crippen molar-refractivity contribution in [3.8, 4) is 0 Å². The van der Waals surface area contributed by atoms with Gasteiger partial charge in [-0.3, -0.25) is 18.5 Å². The number of halogens is 1. The van der Waals surface area contributed by atoms with Crippen molar-refractivity contribution in [1.29, 1.82) is 0 Å². The Morgan fingerprint density at radius 3 is 2.12 bits per heavy atom. The van der Waals surface area contributed by atoms with Crippen LogP contribution in [-0.4, -0.2) is 17.5 Å². The highest BCUT2D eigenvalue weighted by molar-refractivity contribution is 7.80. The van der Waals surface area contributed by atoms with Crippen molar-refractivity contribution in [2.24, 2.45) is 0 Å². The minimum Gasteiger partial charge on any atom is -0.397 e. The molecule has 0 radical (unpaired) electrons. The lowest BCUT2D eigenvalue weighted by Gasteiger charge is -2.10. The summed E-state index contributed by atoms with van der Waals surface area (Å²) in [5.41, 5.74) is 5.89. The SMILES string of the molecule is Nc1cc(Cl)c(NS(=O)O)cc1NS(=O)O. The second-order valence-corrected chi connectivity index (χ2v) is 4.43. The molecule has 16 heavy (non-hydrogen) atoms. The van der Waals surface area contributed by atoms with Gasteiger partial charge in [-0.25, -0.2) is 8.42 Å². The highest BCUT2D eigenvalue weighted by Crippen LogP contribution is 2.31. The molecule has 7 nitrogen and oxygen atoms in total. The minimum atomic E-state index is -2.30. The Morgan fingerprint density at radius 2 is 1.62 bits per heavy atom. The molecule has 0 amide bonds. The molecule has 0 fully saturated rings. The topological polar surface area (TPSA) is 125 Å². The maximum absolute atomic E-state index is 10.5. The summed E-state index contributed by atoms with van der Waals surface area (Å²) in [6, 6.07) is 2.53. The predicted molar refractivity (Wildman–Crippen MR) is 64.7 cm³/mol. The van der Waals surface area contributed by atoms with Crippen LogP contribution in [0.15, 0.2) is 12.1 Å². The first-order valence-corrected chi connectivity index (χ1v) is 6.33. The van der Waals surface area contributed by atoms with E-state index in [1.807, 2.05) is 0 Å². The quantitative estimate of drug-likeness (QED) is 0.417. The fraction of sp³-hybridized carbons (Fsp3) is 0. The lowest BCUT2D eigenvalue weighted by molar-refractivity contribution is 0.569. The molecule has 0 aromatic heterocycles. The Labute approximate surface area is 101 Å². The van der Waals surface area contributed by atoms with E-state index in [1.54, 1.807) is 0 Å². The Hall–Kier alpha value is -0.870. The van der Waals surface area contributed by atoms with E-state index >= 15 is 0 Å². The number of anilines is 3. The molecule has 0 aliphatic carbocycles. The first kappa shape index (κ1) is 13.2. The van der Waals surface area contributed by atoms with Gasteiger partial charge in [-0.05, 0) is 12.1 Å². The Balaban J connectivity index is 3.10. The van der Waals surface area contributed by atoms with Gasteiger partial charge in [-0.1, -0.05) is 11.6 Å². The highest BCUT2D eigenvalue weighted by Gasteiger charge is 2.09. The summed E-state index contributed by atoms with van der Waals surface area (Å²) in [5, 5.41) is 0.120. The van der Waals surface area contributed by atoms with Gasteiger partial charge in [0.15, 0.2) is 0 Å². The van der Waals surface area contributed by atoms with E-state index in [0.29, 0.717) is 0 Å². The third kappa shape index (κ3) is 3.61. The maximum atomic E-state index is 10.5. The van der Waals surface area contributed by atoms with Crippen LogP contribution >= 0.6 is 11.6 Å².